The lowest BCUT2D eigenvalue weighted by Crippen LogP contribution is -1.93. The van der Waals surface area contributed by atoms with Crippen LogP contribution in [-0.2, 0) is 0 Å². The third kappa shape index (κ3) is 4.77. The Hall–Kier alpha value is -3.99. The van der Waals surface area contributed by atoms with Crippen LogP contribution in [0.25, 0.3) is 34.4 Å². The smallest absolute Gasteiger partial charge is 0.167 e. The molecule has 0 unspecified atom stereocenters. The maximum atomic E-state index is 14.7. The Kier molecular flexibility index (Phi) is 6.50. The zero-order valence-corrected chi connectivity index (χ0v) is 18.1. The SMILES string of the molecule is COc1ccc(-c2ccc(/C=C/c3ccc(-c4ccc(OC)cc4F)cc3)c(F)c2F)cc1. The summed E-state index contributed by atoms with van der Waals surface area (Å²) >= 11 is 0. The minimum absolute atomic E-state index is 0.134. The molecule has 2 nitrogen and oxygen atoms in total. The highest BCUT2D eigenvalue weighted by Gasteiger charge is 2.13. The van der Waals surface area contributed by atoms with Crippen molar-refractivity contribution in [2.75, 3.05) is 14.2 Å². The maximum Gasteiger partial charge on any atom is 0.167 e. The van der Waals surface area contributed by atoms with Gasteiger partial charge in [0.2, 0.25) is 0 Å². The number of ether oxygens (including phenoxy) is 2. The lowest BCUT2D eigenvalue weighted by Gasteiger charge is -2.08. The van der Waals surface area contributed by atoms with Crippen LogP contribution in [0.1, 0.15) is 11.1 Å². The zero-order chi connectivity index (χ0) is 23.4. The van der Waals surface area contributed by atoms with Gasteiger partial charge in [-0.15, -0.1) is 0 Å². The lowest BCUT2D eigenvalue weighted by molar-refractivity contribution is 0.411. The van der Waals surface area contributed by atoms with Crippen LogP contribution in [0, 0.1) is 17.5 Å². The summed E-state index contributed by atoms with van der Waals surface area (Å²) < 4.78 is 53.8. The predicted molar refractivity (Wildman–Crippen MR) is 126 cm³/mol. The number of halogens is 3. The predicted octanol–water partition coefficient (Wildman–Crippen LogP) is 7.63. The zero-order valence-electron chi connectivity index (χ0n) is 18.1. The second-order valence-corrected chi connectivity index (χ2v) is 7.36. The highest BCUT2D eigenvalue weighted by molar-refractivity contribution is 5.74. The molecule has 0 aromatic heterocycles. The van der Waals surface area contributed by atoms with Gasteiger partial charge in [-0.2, -0.15) is 0 Å². The van der Waals surface area contributed by atoms with Gasteiger partial charge in [-0.25, -0.2) is 13.2 Å². The number of hydrogen-bond donors (Lipinski definition) is 0. The van der Waals surface area contributed by atoms with Crippen LogP contribution in [0.4, 0.5) is 13.2 Å². The van der Waals surface area contributed by atoms with Crippen molar-refractivity contribution in [2.45, 2.75) is 0 Å². The molecule has 33 heavy (non-hydrogen) atoms. The average molecular weight is 446 g/mol. The summed E-state index contributed by atoms with van der Waals surface area (Å²) in [5.74, 6) is -1.13. The summed E-state index contributed by atoms with van der Waals surface area (Å²) in [7, 11) is 3.03. The molecule has 0 heterocycles. The molecular weight excluding hydrogens is 425 g/mol. The molecule has 0 aliphatic carbocycles. The van der Waals surface area contributed by atoms with Gasteiger partial charge in [-0.3, -0.25) is 0 Å². The van der Waals surface area contributed by atoms with E-state index in [0.29, 0.717) is 28.2 Å². The highest BCUT2D eigenvalue weighted by Crippen LogP contribution is 2.29. The second kappa shape index (κ2) is 9.65. The molecule has 4 aromatic rings. The summed E-state index contributed by atoms with van der Waals surface area (Å²) in [6, 6.07) is 21.6. The van der Waals surface area contributed by atoms with Gasteiger partial charge in [0.05, 0.1) is 14.2 Å². The Morgan fingerprint density at radius 2 is 1.15 bits per heavy atom. The van der Waals surface area contributed by atoms with Crippen molar-refractivity contribution in [3.63, 3.8) is 0 Å². The Balaban J connectivity index is 1.54. The van der Waals surface area contributed by atoms with E-state index in [0.717, 1.165) is 5.56 Å². The molecular formula is C28H21F3O2. The first-order valence-corrected chi connectivity index (χ1v) is 10.2. The van der Waals surface area contributed by atoms with Crippen LogP contribution in [0.2, 0.25) is 0 Å². The Morgan fingerprint density at radius 1 is 0.576 bits per heavy atom. The minimum Gasteiger partial charge on any atom is -0.497 e. The normalized spacial score (nSPS) is 11.1. The molecule has 0 fully saturated rings. The van der Waals surface area contributed by atoms with Crippen molar-refractivity contribution in [1.82, 2.24) is 0 Å². The van der Waals surface area contributed by atoms with E-state index in [2.05, 4.69) is 0 Å². The fraction of sp³-hybridized carbons (Fsp3) is 0.0714. The fourth-order valence-electron chi connectivity index (χ4n) is 3.50. The summed E-state index contributed by atoms with van der Waals surface area (Å²) in [6.07, 6.45) is 3.19. The molecule has 166 valence electrons. The molecule has 0 amide bonds. The van der Waals surface area contributed by atoms with Gasteiger partial charge in [-0.1, -0.05) is 60.7 Å². The molecule has 0 saturated heterocycles. The molecule has 4 aromatic carbocycles. The first-order chi connectivity index (χ1) is 16.0. The van der Waals surface area contributed by atoms with E-state index in [1.54, 1.807) is 79.9 Å². The van der Waals surface area contributed by atoms with Gasteiger partial charge >= 0.3 is 0 Å². The molecule has 0 radical (unpaired) electrons. The van der Waals surface area contributed by atoms with Crippen molar-refractivity contribution < 1.29 is 22.6 Å². The largest absolute Gasteiger partial charge is 0.497 e. The Labute approximate surface area is 190 Å². The molecule has 0 bridgehead atoms. The first kappa shape index (κ1) is 22.2. The molecule has 0 aliphatic rings. The monoisotopic (exact) mass is 446 g/mol. The molecule has 0 spiro atoms. The fourth-order valence-corrected chi connectivity index (χ4v) is 3.50. The standard InChI is InChI=1S/C28H21F3O2/c1-32-22-12-9-20(10-13-22)25-15-11-21(27(30)28(25)31)8-5-18-3-6-19(7-4-18)24-16-14-23(33-2)17-26(24)29/h3-17H,1-2H3/b8-5+. The molecule has 0 N–H and O–H groups in total. The number of methoxy groups -OCH3 is 2. The average Bonchev–Trinajstić information content (AvgIpc) is 2.85. The minimum atomic E-state index is -0.920. The van der Waals surface area contributed by atoms with Crippen LogP contribution in [0.15, 0.2) is 78.9 Å². The molecule has 5 heteroatoms. The van der Waals surface area contributed by atoms with Crippen molar-refractivity contribution >= 4 is 12.2 Å². The third-order valence-corrected chi connectivity index (χ3v) is 5.37. The number of hydrogen-bond acceptors (Lipinski definition) is 2. The van der Waals surface area contributed by atoms with Gasteiger partial charge in [0.1, 0.15) is 17.3 Å². The maximum absolute atomic E-state index is 14.7. The van der Waals surface area contributed by atoms with Gasteiger partial charge in [0.15, 0.2) is 11.6 Å². The van der Waals surface area contributed by atoms with Gasteiger partial charge in [-0.05, 0) is 41.0 Å². The van der Waals surface area contributed by atoms with E-state index in [4.69, 9.17) is 9.47 Å². The van der Waals surface area contributed by atoms with Gasteiger partial charge < -0.3 is 9.47 Å². The van der Waals surface area contributed by atoms with E-state index in [1.165, 1.54) is 25.3 Å². The van der Waals surface area contributed by atoms with Crippen molar-refractivity contribution in [3.05, 3.63) is 107 Å². The molecule has 4 rings (SSSR count). The Morgan fingerprint density at radius 3 is 1.79 bits per heavy atom. The van der Waals surface area contributed by atoms with Crippen molar-refractivity contribution in [1.29, 1.82) is 0 Å². The van der Waals surface area contributed by atoms with Crippen LogP contribution >= 0.6 is 0 Å². The van der Waals surface area contributed by atoms with Crippen molar-refractivity contribution in [2.24, 2.45) is 0 Å². The number of rotatable bonds is 6. The summed E-state index contributed by atoms with van der Waals surface area (Å²) in [5, 5.41) is 0. The Bertz CT molecular complexity index is 1290. The summed E-state index contributed by atoms with van der Waals surface area (Å²) in [4.78, 5) is 0. The quantitative estimate of drug-likeness (QED) is 0.284. The summed E-state index contributed by atoms with van der Waals surface area (Å²) in [6.45, 7) is 0. The third-order valence-electron chi connectivity index (χ3n) is 5.37. The van der Waals surface area contributed by atoms with E-state index in [9.17, 15) is 13.2 Å². The topological polar surface area (TPSA) is 18.5 Å². The van der Waals surface area contributed by atoms with Crippen LogP contribution in [0.5, 0.6) is 11.5 Å². The van der Waals surface area contributed by atoms with Crippen molar-refractivity contribution in [3.8, 4) is 33.8 Å². The van der Waals surface area contributed by atoms with Crippen LogP contribution in [0.3, 0.4) is 0 Å². The first-order valence-electron chi connectivity index (χ1n) is 10.2. The summed E-state index contributed by atoms with van der Waals surface area (Å²) in [5.41, 5.74) is 2.80. The van der Waals surface area contributed by atoms with Crippen LogP contribution < -0.4 is 9.47 Å². The highest BCUT2D eigenvalue weighted by atomic mass is 19.2. The van der Waals surface area contributed by atoms with E-state index in [1.807, 2.05) is 0 Å². The molecule has 0 saturated carbocycles. The second-order valence-electron chi connectivity index (χ2n) is 7.36. The van der Waals surface area contributed by atoms with Gasteiger partial charge in [0, 0.05) is 22.8 Å². The van der Waals surface area contributed by atoms with Gasteiger partial charge in [0.25, 0.3) is 0 Å². The molecule has 0 aliphatic heterocycles. The van der Waals surface area contributed by atoms with Crippen LogP contribution in [-0.4, -0.2) is 14.2 Å². The van der Waals surface area contributed by atoms with E-state index < -0.39 is 11.6 Å². The lowest BCUT2D eigenvalue weighted by atomic mass is 10.0. The molecule has 0 atom stereocenters. The number of benzene rings is 4. The van der Waals surface area contributed by atoms with E-state index in [-0.39, 0.29) is 16.9 Å². The van der Waals surface area contributed by atoms with E-state index >= 15 is 0 Å².